The Hall–Kier alpha value is -2.88. The van der Waals surface area contributed by atoms with E-state index >= 15 is 0 Å². The highest BCUT2D eigenvalue weighted by molar-refractivity contribution is 5.79. The summed E-state index contributed by atoms with van der Waals surface area (Å²) < 4.78 is 0. The van der Waals surface area contributed by atoms with Gasteiger partial charge in [0.2, 0.25) is 0 Å². The number of phenols is 2. The predicted octanol–water partition coefficient (Wildman–Crippen LogP) is 3.21. The molecule has 0 aliphatic rings. The number of phenolic OH excluding ortho intramolecular Hbond substituents is 2. The van der Waals surface area contributed by atoms with Crippen LogP contribution in [0.25, 0.3) is 23.1 Å². The van der Waals surface area contributed by atoms with Crippen LogP contribution in [0.15, 0.2) is 48.7 Å². The lowest BCUT2D eigenvalue weighted by Crippen LogP contribution is -1.87. The Bertz CT molecular complexity index is 797. The van der Waals surface area contributed by atoms with E-state index in [1.165, 1.54) is 12.1 Å². The van der Waals surface area contributed by atoms with Gasteiger partial charge >= 0.3 is 0 Å². The summed E-state index contributed by atoms with van der Waals surface area (Å²) in [5.74, 6) is 0.312. The third-order valence-electron chi connectivity index (χ3n) is 2.93. The van der Waals surface area contributed by atoms with E-state index in [0.29, 0.717) is 5.82 Å². The van der Waals surface area contributed by atoms with Crippen molar-refractivity contribution in [2.75, 3.05) is 0 Å². The van der Waals surface area contributed by atoms with E-state index in [-0.39, 0.29) is 11.5 Å². The maximum atomic E-state index is 9.42. The first-order valence-corrected chi connectivity index (χ1v) is 6.14. The van der Waals surface area contributed by atoms with Crippen LogP contribution in [0, 0.1) is 0 Å². The molecule has 0 atom stereocenters. The van der Waals surface area contributed by atoms with Crippen molar-refractivity contribution >= 4 is 23.1 Å². The van der Waals surface area contributed by atoms with Gasteiger partial charge in [-0.15, -0.1) is 0 Å². The van der Waals surface area contributed by atoms with Crippen molar-refractivity contribution in [3.05, 3.63) is 60.0 Å². The first-order chi connectivity index (χ1) is 9.72. The van der Waals surface area contributed by atoms with Gasteiger partial charge in [-0.1, -0.05) is 30.3 Å². The van der Waals surface area contributed by atoms with E-state index < -0.39 is 0 Å². The molecule has 1 heterocycles. The number of hydrogen-bond acceptors (Lipinski definition) is 4. The van der Waals surface area contributed by atoms with Crippen molar-refractivity contribution in [2.24, 2.45) is 0 Å². The van der Waals surface area contributed by atoms with Gasteiger partial charge in [0.15, 0.2) is 17.3 Å². The standard InChI is InChI=1S/C16H12N2O2/c19-14-7-5-11(9-15(14)20)6-8-16-17-10-12-3-1-2-4-13(12)18-16/h1-10,19-20H/b8-6+. The third-order valence-corrected chi connectivity index (χ3v) is 2.93. The fraction of sp³-hybridized carbons (Fsp3) is 0. The summed E-state index contributed by atoms with van der Waals surface area (Å²) >= 11 is 0. The zero-order chi connectivity index (χ0) is 13.9. The molecule has 4 nitrogen and oxygen atoms in total. The quantitative estimate of drug-likeness (QED) is 0.697. The number of para-hydroxylation sites is 1. The second-order valence-corrected chi connectivity index (χ2v) is 4.37. The topological polar surface area (TPSA) is 66.2 Å². The molecule has 3 rings (SSSR count). The van der Waals surface area contributed by atoms with Crippen LogP contribution in [0.2, 0.25) is 0 Å². The molecular weight excluding hydrogens is 252 g/mol. The largest absolute Gasteiger partial charge is 0.504 e. The molecule has 0 amide bonds. The second-order valence-electron chi connectivity index (χ2n) is 4.37. The summed E-state index contributed by atoms with van der Waals surface area (Å²) in [6, 6.07) is 12.4. The van der Waals surface area contributed by atoms with Gasteiger partial charge in [-0.25, -0.2) is 9.97 Å². The normalized spacial score (nSPS) is 11.2. The van der Waals surface area contributed by atoms with E-state index in [1.807, 2.05) is 24.3 Å². The number of aromatic hydroxyl groups is 2. The Balaban J connectivity index is 1.91. The minimum absolute atomic E-state index is 0.135. The van der Waals surface area contributed by atoms with Gasteiger partial charge in [0, 0.05) is 11.6 Å². The minimum atomic E-state index is -0.147. The molecule has 0 radical (unpaired) electrons. The van der Waals surface area contributed by atoms with Crippen molar-refractivity contribution in [2.45, 2.75) is 0 Å². The molecule has 0 aliphatic heterocycles. The summed E-state index contributed by atoms with van der Waals surface area (Å²) in [5, 5.41) is 19.7. The Morgan fingerprint density at radius 3 is 2.60 bits per heavy atom. The van der Waals surface area contributed by atoms with Crippen LogP contribution in [-0.4, -0.2) is 20.2 Å². The van der Waals surface area contributed by atoms with Crippen LogP contribution in [0.4, 0.5) is 0 Å². The highest BCUT2D eigenvalue weighted by Gasteiger charge is 1.99. The van der Waals surface area contributed by atoms with Crippen LogP contribution < -0.4 is 0 Å². The molecule has 0 fully saturated rings. The van der Waals surface area contributed by atoms with Gasteiger partial charge in [-0.3, -0.25) is 0 Å². The zero-order valence-corrected chi connectivity index (χ0v) is 10.6. The molecule has 0 unspecified atom stereocenters. The van der Waals surface area contributed by atoms with Crippen LogP contribution in [-0.2, 0) is 0 Å². The molecule has 4 heteroatoms. The van der Waals surface area contributed by atoms with Gasteiger partial charge in [-0.2, -0.15) is 0 Å². The predicted molar refractivity (Wildman–Crippen MR) is 78.2 cm³/mol. The van der Waals surface area contributed by atoms with Crippen LogP contribution in [0.5, 0.6) is 11.5 Å². The molecular formula is C16H12N2O2. The van der Waals surface area contributed by atoms with Crippen LogP contribution in [0.3, 0.4) is 0 Å². The van der Waals surface area contributed by atoms with Gasteiger partial charge in [0.1, 0.15) is 0 Å². The molecule has 0 bridgehead atoms. The van der Waals surface area contributed by atoms with Crippen molar-refractivity contribution in [3.63, 3.8) is 0 Å². The van der Waals surface area contributed by atoms with Crippen molar-refractivity contribution in [3.8, 4) is 11.5 Å². The molecule has 1 aromatic heterocycles. The number of aromatic nitrogens is 2. The maximum Gasteiger partial charge on any atom is 0.157 e. The number of fused-ring (bicyclic) bond motifs is 1. The summed E-state index contributed by atoms with van der Waals surface area (Å²) in [6.45, 7) is 0. The first kappa shape index (κ1) is 12.2. The molecule has 0 saturated heterocycles. The number of nitrogens with zero attached hydrogens (tertiary/aromatic N) is 2. The lowest BCUT2D eigenvalue weighted by atomic mass is 10.2. The summed E-state index contributed by atoms with van der Waals surface area (Å²) in [5.41, 5.74) is 1.65. The first-order valence-electron chi connectivity index (χ1n) is 6.14. The summed E-state index contributed by atoms with van der Waals surface area (Å²) in [4.78, 5) is 8.67. The fourth-order valence-electron chi connectivity index (χ4n) is 1.88. The molecule has 0 spiro atoms. The maximum absolute atomic E-state index is 9.42. The highest BCUT2D eigenvalue weighted by atomic mass is 16.3. The van der Waals surface area contributed by atoms with Crippen molar-refractivity contribution in [1.29, 1.82) is 0 Å². The molecule has 2 aromatic carbocycles. The Kier molecular flexibility index (Phi) is 3.05. The van der Waals surface area contributed by atoms with E-state index in [2.05, 4.69) is 9.97 Å². The molecule has 2 N–H and O–H groups in total. The fourth-order valence-corrected chi connectivity index (χ4v) is 1.88. The van der Waals surface area contributed by atoms with Gasteiger partial charge in [0.05, 0.1) is 5.52 Å². The van der Waals surface area contributed by atoms with Crippen LogP contribution >= 0.6 is 0 Å². The minimum Gasteiger partial charge on any atom is -0.504 e. The van der Waals surface area contributed by atoms with Gasteiger partial charge in [0.25, 0.3) is 0 Å². The van der Waals surface area contributed by atoms with E-state index in [9.17, 15) is 10.2 Å². The van der Waals surface area contributed by atoms with E-state index in [0.717, 1.165) is 16.5 Å². The smallest absolute Gasteiger partial charge is 0.157 e. The zero-order valence-electron chi connectivity index (χ0n) is 10.6. The van der Waals surface area contributed by atoms with Crippen molar-refractivity contribution in [1.82, 2.24) is 9.97 Å². The SMILES string of the molecule is Oc1ccc(/C=C/c2ncc3ccccc3n2)cc1O. The monoisotopic (exact) mass is 264 g/mol. The molecule has 0 aliphatic carbocycles. The Morgan fingerprint density at radius 1 is 0.900 bits per heavy atom. The summed E-state index contributed by atoms with van der Waals surface area (Å²) in [6.07, 6.45) is 5.32. The van der Waals surface area contributed by atoms with Crippen LogP contribution in [0.1, 0.15) is 11.4 Å². The number of hydrogen-bond donors (Lipinski definition) is 2. The lowest BCUT2D eigenvalue weighted by molar-refractivity contribution is 0.403. The molecule has 0 saturated carbocycles. The average molecular weight is 264 g/mol. The number of benzene rings is 2. The average Bonchev–Trinajstić information content (AvgIpc) is 2.48. The van der Waals surface area contributed by atoms with Gasteiger partial charge in [-0.05, 0) is 29.8 Å². The Labute approximate surface area is 115 Å². The lowest BCUT2D eigenvalue weighted by Gasteiger charge is -1.99. The van der Waals surface area contributed by atoms with E-state index in [4.69, 9.17) is 0 Å². The molecule has 3 aromatic rings. The number of rotatable bonds is 2. The Morgan fingerprint density at radius 2 is 1.75 bits per heavy atom. The molecule has 98 valence electrons. The van der Waals surface area contributed by atoms with Crippen molar-refractivity contribution < 1.29 is 10.2 Å². The highest BCUT2D eigenvalue weighted by Crippen LogP contribution is 2.25. The van der Waals surface area contributed by atoms with Gasteiger partial charge < -0.3 is 10.2 Å². The third kappa shape index (κ3) is 2.44. The molecule has 20 heavy (non-hydrogen) atoms. The second kappa shape index (κ2) is 5.01. The van der Waals surface area contributed by atoms with E-state index in [1.54, 1.807) is 24.4 Å². The summed E-state index contributed by atoms with van der Waals surface area (Å²) in [7, 11) is 0.